The molecule has 0 aromatic heterocycles. The SMILES string of the molecule is CSCC[C@H](N)C(=O)Nc1c(F)cccc1[N+](=O)[O-]. The number of nitro groups is 1. The van der Waals surface area contributed by atoms with Crippen molar-refractivity contribution in [1.29, 1.82) is 0 Å². The van der Waals surface area contributed by atoms with Crippen LogP contribution in [0.1, 0.15) is 6.42 Å². The fourth-order valence-corrected chi connectivity index (χ4v) is 1.87. The lowest BCUT2D eigenvalue weighted by molar-refractivity contribution is -0.384. The van der Waals surface area contributed by atoms with Crippen LogP contribution < -0.4 is 11.1 Å². The number of carbonyl (C=O) groups excluding carboxylic acids is 1. The van der Waals surface area contributed by atoms with Gasteiger partial charge in [-0.3, -0.25) is 14.9 Å². The Bertz CT molecular complexity index is 484. The zero-order valence-corrected chi connectivity index (χ0v) is 11.1. The van der Waals surface area contributed by atoms with Crippen LogP contribution in [0.5, 0.6) is 0 Å². The number of halogens is 1. The lowest BCUT2D eigenvalue weighted by Crippen LogP contribution is -2.36. The normalized spacial score (nSPS) is 11.9. The van der Waals surface area contributed by atoms with Crippen molar-refractivity contribution in [2.75, 3.05) is 17.3 Å². The van der Waals surface area contributed by atoms with E-state index in [-0.39, 0.29) is 0 Å². The first kappa shape index (κ1) is 15.4. The van der Waals surface area contributed by atoms with Gasteiger partial charge in [-0.2, -0.15) is 11.8 Å². The van der Waals surface area contributed by atoms with Crippen LogP contribution in [0, 0.1) is 15.9 Å². The van der Waals surface area contributed by atoms with Crippen LogP contribution in [0.4, 0.5) is 15.8 Å². The summed E-state index contributed by atoms with van der Waals surface area (Å²) in [5, 5.41) is 12.9. The van der Waals surface area contributed by atoms with Gasteiger partial charge in [0.1, 0.15) is 0 Å². The summed E-state index contributed by atoms with van der Waals surface area (Å²) < 4.78 is 13.5. The second kappa shape index (κ2) is 7.05. The molecule has 0 unspecified atom stereocenters. The van der Waals surface area contributed by atoms with Crippen molar-refractivity contribution in [2.45, 2.75) is 12.5 Å². The Labute approximate surface area is 113 Å². The number of amides is 1. The Kier molecular flexibility index (Phi) is 5.71. The average molecular weight is 287 g/mol. The number of thioether (sulfide) groups is 1. The Morgan fingerprint density at radius 2 is 2.32 bits per heavy atom. The van der Waals surface area contributed by atoms with Crippen LogP contribution in [0.3, 0.4) is 0 Å². The highest BCUT2D eigenvalue weighted by molar-refractivity contribution is 7.98. The standard InChI is InChI=1S/C11H14FN3O3S/c1-19-6-5-8(13)11(16)14-10-7(12)3-2-4-9(10)15(17)18/h2-4,8H,5-6,13H2,1H3,(H,14,16)/t8-/m0/s1. The molecule has 0 saturated carbocycles. The van der Waals surface area contributed by atoms with E-state index in [1.54, 1.807) is 0 Å². The third kappa shape index (κ3) is 4.18. The van der Waals surface area contributed by atoms with Crippen molar-refractivity contribution >= 4 is 29.0 Å². The van der Waals surface area contributed by atoms with Crippen molar-refractivity contribution in [3.63, 3.8) is 0 Å². The predicted molar refractivity (Wildman–Crippen MR) is 72.7 cm³/mol. The van der Waals surface area contributed by atoms with Crippen LogP contribution in [0.15, 0.2) is 18.2 Å². The van der Waals surface area contributed by atoms with Gasteiger partial charge in [-0.05, 0) is 24.5 Å². The summed E-state index contributed by atoms with van der Waals surface area (Å²) in [4.78, 5) is 21.7. The molecule has 0 aliphatic carbocycles. The van der Waals surface area contributed by atoms with Crippen LogP contribution in [0.25, 0.3) is 0 Å². The Balaban J connectivity index is 2.87. The van der Waals surface area contributed by atoms with Gasteiger partial charge < -0.3 is 11.1 Å². The minimum Gasteiger partial charge on any atom is -0.320 e. The van der Waals surface area contributed by atoms with E-state index in [1.807, 2.05) is 6.26 Å². The summed E-state index contributed by atoms with van der Waals surface area (Å²) in [6.45, 7) is 0. The first-order valence-corrected chi connectivity index (χ1v) is 6.85. The van der Waals surface area contributed by atoms with Gasteiger partial charge in [0.25, 0.3) is 5.69 Å². The lowest BCUT2D eigenvalue weighted by Gasteiger charge is -2.12. The molecule has 104 valence electrons. The summed E-state index contributed by atoms with van der Waals surface area (Å²) >= 11 is 1.52. The van der Waals surface area contributed by atoms with Crippen molar-refractivity contribution < 1.29 is 14.1 Å². The maximum Gasteiger partial charge on any atom is 0.295 e. The molecule has 19 heavy (non-hydrogen) atoms. The van der Waals surface area contributed by atoms with Crippen LogP contribution in [0.2, 0.25) is 0 Å². The quantitative estimate of drug-likeness (QED) is 0.613. The monoisotopic (exact) mass is 287 g/mol. The summed E-state index contributed by atoms with van der Waals surface area (Å²) in [6, 6.07) is 2.53. The minimum absolute atomic E-state index is 0.412. The van der Waals surface area contributed by atoms with E-state index in [1.165, 1.54) is 17.8 Å². The highest BCUT2D eigenvalue weighted by Crippen LogP contribution is 2.27. The summed E-state index contributed by atoms with van der Waals surface area (Å²) in [6.07, 6.45) is 2.28. The van der Waals surface area contributed by atoms with Gasteiger partial charge in [-0.1, -0.05) is 6.07 Å². The number of nitrogens with two attached hydrogens (primary N) is 1. The number of nitro benzene ring substituents is 1. The summed E-state index contributed by atoms with van der Waals surface area (Å²) in [7, 11) is 0. The molecular weight excluding hydrogens is 273 g/mol. The predicted octanol–water partition coefficient (Wildman–Crippen LogP) is 1.75. The van der Waals surface area contributed by atoms with Crippen molar-refractivity contribution in [3.05, 3.63) is 34.1 Å². The molecule has 0 saturated heterocycles. The number of para-hydroxylation sites is 1. The van der Waals surface area contributed by atoms with Crippen LogP contribution in [-0.2, 0) is 4.79 Å². The summed E-state index contributed by atoms with van der Waals surface area (Å²) in [5.41, 5.74) is 4.67. The molecule has 1 amide bonds. The summed E-state index contributed by atoms with van der Waals surface area (Å²) in [5.74, 6) is -0.824. The number of carbonyl (C=O) groups is 1. The fraction of sp³-hybridized carbons (Fsp3) is 0.364. The zero-order chi connectivity index (χ0) is 14.4. The molecule has 0 spiro atoms. The Hall–Kier alpha value is -1.67. The van der Waals surface area contributed by atoms with Crippen molar-refractivity contribution in [3.8, 4) is 0 Å². The molecule has 0 aliphatic rings. The van der Waals surface area contributed by atoms with Gasteiger partial charge in [0, 0.05) is 6.07 Å². The lowest BCUT2D eigenvalue weighted by atomic mass is 10.2. The molecule has 0 fully saturated rings. The molecule has 0 heterocycles. The first-order chi connectivity index (χ1) is 8.97. The third-order valence-corrected chi connectivity index (χ3v) is 3.05. The Morgan fingerprint density at radius 3 is 2.89 bits per heavy atom. The largest absolute Gasteiger partial charge is 0.320 e. The number of benzene rings is 1. The molecule has 0 aliphatic heterocycles. The fourth-order valence-electron chi connectivity index (χ4n) is 1.38. The molecule has 1 rings (SSSR count). The van der Waals surface area contributed by atoms with Crippen LogP contribution in [-0.4, -0.2) is 28.9 Å². The molecule has 3 N–H and O–H groups in total. The molecule has 0 radical (unpaired) electrons. The highest BCUT2D eigenvalue weighted by atomic mass is 32.2. The van der Waals surface area contributed by atoms with Gasteiger partial charge in [0.05, 0.1) is 11.0 Å². The van der Waals surface area contributed by atoms with Gasteiger partial charge in [-0.25, -0.2) is 4.39 Å². The molecule has 1 aromatic rings. The number of nitrogens with zero attached hydrogens (tertiary/aromatic N) is 1. The molecule has 1 aromatic carbocycles. The second-order valence-electron chi connectivity index (χ2n) is 3.77. The van der Waals surface area contributed by atoms with Gasteiger partial charge in [-0.15, -0.1) is 0 Å². The van der Waals surface area contributed by atoms with E-state index in [0.717, 1.165) is 12.1 Å². The van der Waals surface area contributed by atoms with E-state index >= 15 is 0 Å². The third-order valence-electron chi connectivity index (χ3n) is 2.41. The maximum atomic E-state index is 13.5. The highest BCUT2D eigenvalue weighted by Gasteiger charge is 2.22. The number of hydrogen-bond acceptors (Lipinski definition) is 5. The number of nitrogens with one attached hydrogen (secondary N) is 1. The van der Waals surface area contributed by atoms with E-state index in [9.17, 15) is 19.3 Å². The smallest absolute Gasteiger partial charge is 0.295 e. The van der Waals surface area contributed by atoms with Gasteiger partial charge in [0.2, 0.25) is 5.91 Å². The topological polar surface area (TPSA) is 98.3 Å². The molecule has 6 nitrogen and oxygen atoms in total. The minimum atomic E-state index is -0.861. The molecular formula is C11H14FN3O3S. The van der Waals surface area contributed by atoms with Crippen molar-refractivity contribution in [1.82, 2.24) is 0 Å². The first-order valence-electron chi connectivity index (χ1n) is 5.45. The van der Waals surface area contributed by atoms with E-state index < -0.39 is 34.1 Å². The van der Waals surface area contributed by atoms with Gasteiger partial charge >= 0.3 is 0 Å². The molecule has 8 heteroatoms. The Morgan fingerprint density at radius 1 is 1.63 bits per heavy atom. The number of rotatable bonds is 6. The molecule has 0 bridgehead atoms. The number of anilines is 1. The maximum absolute atomic E-state index is 13.5. The van der Waals surface area contributed by atoms with Crippen LogP contribution >= 0.6 is 11.8 Å². The van der Waals surface area contributed by atoms with E-state index in [2.05, 4.69) is 5.32 Å². The average Bonchev–Trinajstić information content (AvgIpc) is 2.37. The van der Waals surface area contributed by atoms with E-state index in [4.69, 9.17) is 5.73 Å². The molecule has 1 atom stereocenters. The van der Waals surface area contributed by atoms with Crippen molar-refractivity contribution in [2.24, 2.45) is 5.73 Å². The van der Waals surface area contributed by atoms with E-state index in [0.29, 0.717) is 12.2 Å². The zero-order valence-electron chi connectivity index (χ0n) is 10.3. The second-order valence-corrected chi connectivity index (χ2v) is 4.75. The van der Waals surface area contributed by atoms with Gasteiger partial charge in [0.15, 0.2) is 11.5 Å². The number of hydrogen-bond donors (Lipinski definition) is 2.